The Morgan fingerprint density at radius 1 is 1.73 bits per heavy atom. The van der Waals surface area contributed by atoms with Gasteiger partial charge in [-0.2, -0.15) is 4.98 Å². The molecule has 0 bridgehead atoms. The number of nitrogens with one attached hydrogen (secondary N) is 1. The first-order valence-corrected chi connectivity index (χ1v) is 2.98. The topological polar surface area (TPSA) is 75.1 Å². The van der Waals surface area contributed by atoms with Crippen molar-refractivity contribution in [3.8, 4) is 0 Å². The maximum Gasteiger partial charge on any atom is 0.342 e. The van der Waals surface area contributed by atoms with E-state index in [1.165, 1.54) is 6.20 Å². The van der Waals surface area contributed by atoms with Crippen molar-refractivity contribution in [2.75, 3.05) is 19.0 Å². The van der Waals surface area contributed by atoms with Crippen LogP contribution in [0.15, 0.2) is 6.20 Å². The molecule has 11 heavy (non-hydrogen) atoms. The molecule has 0 unspecified atom stereocenters. The van der Waals surface area contributed by atoms with Gasteiger partial charge in [0.05, 0.1) is 0 Å². The quantitative estimate of drug-likeness (QED) is 0.496. The van der Waals surface area contributed by atoms with Gasteiger partial charge in [-0.25, -0.2) is 4.98 Å². The molecule has 1 aromatic heterocycles. The van der Waals surface area contributed by atoms with Crippen molar-refractivity contribution in [3.63, 3.8) is 0 Å². The average Bonchev–Trinajstić information content (AvgIpc) is 2.33. The van der Waals surface area contributed by atoms with E-state index in [9.17, 15) is 10.1 Å². The predicted octanol–water partition coefficient (Wildman–Crippen LogP) is 0.384. The molecule has 6 heteroatoms. The molecule has 0 saturated carbocycles. The third-order valence-corrected chi connectivity index (χ3v) is 1.17. The van der Waals surface area contributed by atoms with E-state index in [1.54, 1.807) is 19.0 Å². The van der Waals surface area contributed by atoms with Gasteiger partial charge in [0.15, 0.2) is 0 Å². The second-order valence-corrected chi connectivity index (χ2v) is 2.24. The fourth-order valence-electron chi connectivity index (χ4n) is 0.621. The Bertz CT molecular complexity index is 267. The zero-order valence-electron chi connectivity index (χ0n) is 6.24. The molecule has 0 radical (unpaired) electrons. The zero-order valence-corrected chi connectivity index (χ0v) is 6.24. The van der Waals surface area contributed by atoms with E-state index in [-0.39, 0.29) is 5.82 Å². The van der Waals surface area contributed by atoms with Gasteiger partial charge in [0, 0.05) is 14.1 Å². The minimum atomic E-state index is -0.514. The van der Waals surface area contributed by atoms with Gasteiger partial charge in [-0.3, -0.25) is 0 Å². The Morgan fingerprint density at radius 2 is 2.36 bits per heavy atom. The maximum atomic E-state index is 10.2. The average molecular weight is 156 g/mol. The molecule has 0 fully saturated rings. The molecule has 1 rings (SSSR count). The molecular weight excluding hydrogens is 148 g/mol. The van der Waals surface area contributed by atoms with Crippen LogP contribution in [-0.2, 0) is 0 Å². The van der Waals surface area contributed by atoms with Gasteiger partial charge < -0.3 is 15.0 Å². The van der Waals surface area contributed by atoms with Gasteiger partial charge in [0.1, 0.15) is 6.20 Å². The Hall–Kier alpha value is -1.59. The summed E-state index contributed by atoms with van der Waals surface area (Å²) >= 11 is 0. The van der Waals surface area contributed by atoms with E-state index in [0.717, 1.165) is 0 Å². The Balaban J connectivity index is 2.90. The number of nitro groups is 1. The summed E-state index contributed by atoms with van der Waals surface area (Å²) in [6, 6.07) is 0. The largest absolute Gasteiger partial charge is 0.358 e. The number of aromatic nitrogens is 2. The summed E-state index contributed by atoms with van der Waals surface area (Å²) in [6.07, 6.45) is 1.19. The monoisotopic (exact) mass is 156 g/mol. The van der Waals surface area contributed by atoms with Crippen LogP contribution in [0.1, 0.15) is 0 Å². The van der Waals surface area contributed by atoms with Crippen molar-refractivity contribution in [1.82, 2.24) is 9.97 Å². The van der Waals surface area contributed by atoms with Gasteiger partial charge in [0.25, 0.3) is 5.95 Å². The highest BCUT2D eigenvalue weighted by Crippen LogP contribution is 2.10. The molecule has 0 aliphatic heterocycles. The molecular formula is C5H8N4O2. The van der Waals surface area contributed by atoms with E-state index in [1.807, 2.05) is 0 Å². The molecule has 60 valence electrons. The highest BCUT2D eigenvalue weighted by atomic mass is 16.6. The highest BCUT2D eigenvalue weighted by Gasteiger charge is 2.10. The zero-order chi connectivity index (χ0) is 8.43. The van der Waals surface area contributed by atoms with Gasteiger partial charge in [-0.15, -0.1) is 0 Å². The number of rotatable bonds is 2. The minimum Gasteiger partial charge on any atom is -0.358 e. The second-order valence-electron chi connectivity index (χ2n) is 2.24. The summed E-state index contributed by atoms with van der Waals surface area (Å²) in [5.41, 5.74) is 0. The first kappa shape index (κ1) is 7.52. The predicted molar refractivity (Wildman–Crippen MR) is 39.6 cm³/mol. The van der Waals surface area contributed by atoms with Crippen LogP contribution in [0.4, 0.5) is 11.8 Å². The number of imidazole rings is 1. The molecule has 1 heterocycles. The fraction of sp³-hybridized carbons (Fsp3) is 0.400. The third-order valence-electron chi connectivity index (χ3n) is 1.17. The van der Waals surface area contributed by atoms with Gasteiger partial charge in [0.2, 0.25) is 0 Å². The summed E-state index contributed by atoms with van der Waals surface area (Å²) in [5, 5.41) is 10.2. The van der Waals surface area contributed by atoms with Crippen LogP contribution < -0.4 is 4.90 Å². The molecule has 0 aliphatic carbocycles. The normalized spacial score (nSPS) is 9.64. The molecule has 0 spiro atoms. The number of aromatic amines is 1. The number of hydrogen-bond acceptors (Lipinski definition) is 4. The number of nitrogens with zero attached hydrogens (tertiary/aromatic N) is 3. The van der Waals surface area contributed by atoms with E-state index < -0.39 is 4.92 Å². The Morgan fingerprint density at radius 3 is 2.64 bits per heavy atom. The van der Waals surface area contributed by atoms with E-state index in [0.29, 0.717) is 5.95 Å². The van der Waals surface area contributed by atoms with E-state index in [2.05, 4.69) is 9.97 Å². The molecule has 1 aromatic rings. The standard InChI is InChI=1S/C5H8N4O2/c1-8(2)5-6-3-4(7-5)9(10)11/h3H,1-2H3,(H,6,7). The van der Waals surface area contributed by atoms with Gasteiger partial charge in [-0.05, 0) is 4.92 Å². The van der Waals surface area contributed by atoms with E-state index >= 15 is 0 Å². The highest BCUT2D eigenvalue weighted by molar-refractivity contribution is 5.33. The summed E-state index contributed by atoms with van der Waals surface area (Å²) in [5.74, 6) is 0.394. The molecule has 0 aromatic carbocycles. The molecule has 0 aliphatic rings. The second kappa shape index (κ2) is 2.57. The van der Waals surface area contributed by atoms with Crippen molar-refractivity contribution in [2.24, 2.45) is 0 Å². The maximum absolute atomic E-state index is 10.2. The van der Waals surface area contributed by atoms with Crippen molar-refractivity contribution < 1.29 is 4.92 Å². The van der Waals surface area contributed by atoms with Crippen LogP contribution in [0, 0.1) is 10.1 Å². The third kappa shape index (κ3) is 1.46. The van der Waals surface area contributed by atoms with Gasteiger partial charge >= 0.3 is 5.82 Å². The number of H-pyrrole nitrogens is 1. The number of anilines is 1. The smallest absolute Gasteiger partial charge is 0.342 e. The summed E-state index contributed by atoms with van der Waals surface area (Å²) < 4.78 is 0. The summed E-state index contributed by atoms with van der Waals surface area (Å²) in [4.78, 5) is 17.6. The van der Waals surface area contributed by atoms with Crippen molar-refractivity contribution in [3.05, 3.63) is 16.3 Å². The first-order chi connectivity index (χ1) is 5.11. The summed E-state index contributed by atoms with van der Waals surface area (Å²) in [7, 11) is 3.51. The van der Waals surface area contributed by atoms with Crippen LogP contribution >= 0.6 is 0 Å². The van der Waals surface area contributed by atoms with Gasteiger partial charge in [-0.1, -0.05) is 0 Å². The Kier molecular flexibility index (Phi) is 1.75. The lowest BCUT2D eigenvalue weighted by atomic mass is 10.8. The van der Waals surface area contributed by atoms with Crippen molar-refractivity contribution >= 4 is 11.8 Å². The molecule has 0 amide bonds. The van der Waals surface area contributed by atoms with Crippen LogP contribution in [0.2, 0.25) is 0 Å². The van der Waals surface area contributed by atoms with Crippen LogP contribution in [0.5, 0.6) is 0 Å². The molecule has 0 atom stereocenters. The molecule has 6 nitrogen and oxygen atoms in total. The molecule has 0 saturated heterocycles. The van der Waals surface area contributed by atoms with E-state index in [4.69, 9.17) is 0 Å². The SMILES string of the molecule is CN(C)c1ncc([N+](=O)[O-])[nH]1. The fourth-order valence-corrected chi connectivity index (χ4v) is 0.621. The van der Waals surface area contributed by atoms with Crippen LogP contribution in [-0.4, -0.2) is 29.0 Å². The van der Waals surface area contributed by atoms with Crippen LogP contribution in [0.3, 0.4) is 0 Å². The van der Waals surface area contributed by atoms with Crippen LogP contribution in [0.25, 0.3) is 0 Å². The number of hydrogen-bond donors (Lipinski definition) is 1. The van der Waals surface area contributed by atoms with Crippen molar-refractivity contribution in [1.29, 1.82) is 0 Å². The van der Waals surface area contributed by atoms with Crippen molar-refractivity contribution in [2.45, 2.75) is 0 Å². The lowest BCUT2D eigenvalue weighted by molar-refractivity contribution is -0.389. The summed E-state index contributed by atoms with van der Waals surface area (Å²) in [6.45, 7) is 0. The first-order valence-electron chi connectivity index (χ1n) is 2.98. The lowest BCUT2D eigenvalue weighted by Crippen LogP contribution is -2.10. The lowest BCUT2D eigenvalue weighted by Gasteiger charge is -2.01. The molecule has 1 N–H and O–H groups in total. The Labute approximate surface area is 63.0 Å². The minimum absolute atomic E-state index is 0.0892.